The van der Waals surface area contributed by atoms with E-state index in [2.05, 4.69) is 54.1 Å². The Hall–Kier alpha value is -3.55. The van der Waals surface area contributed by atoms with E-state index in [9.17, 15) is 9.90 Å². The molecule has 1 aliphatic rings. The molecule has 1 unspecified atom stereocenters. The molecule has 0 radical (unpaired) electrons. The van der Waals surface area contributed by atoms with Gasteiger partial charge in [0.2, 0.25) is 0 Å². The van der Waals surface area contributed by atoms with Gasteiger partial charge < -0.3 is 14.3 Å². The fourth-order valence-electron chi connectivity index (χ4n) is 4.74. The Morgan fingerprint density at radius 1 is 1.11 bits per heavy atom. The predicted molar refractivity (Wildman–Crippen MR) is 145 cm³/mol. The van der Waals surface area contributed by atoms with Crippen LogP contribution in [0.3, 0.4) is 0 Å². The van der Waals surface area contributed by atoms with E-state index in [1.54, 1.807) is 11.8 Å². The number of carboxylic acids is 1. The first kappa shape index (κ1) is 25.1. The minimum absolute atomic E-state index is 0.0243. The Bertz CT molecular complexity index is 1380. The highest BCUT2D eigenvalue weighted by molar-refractivity contribution is 7.99. The number of carboxylic acid groups (broad SMARTS) is 1. The van der Waals surface area contributed by atoms with Crippen LogP contribution < -0.4 is 4.74 Å². The molecule has 7 heteroatoms. The predicted octanol–water partition coefficient (Wildman–Crippen LogP) is 6.47. The molecule has 1 fully saturated rings. The molecule has 0 spiro atoms. The molecule has 5 rings (SSSR count). The van der Waals surface area contributed by atoms with Gasteiger partial charge in [0.15, 0.2) is 12.5 Å². The second-order valence-electron chi connectivity index (χ2n) is 9.42. The lowest BCUT2D eigenvalue weighted by Gasteiger charge is -2.28. The molecule has 1 saturated heterocycles. The van der Waals surface area contributed by atoms with Crippen LogP contribution in [0.2, 0.25) is 0 Å². The zero-order chi connectivity index (χ0) is 25.9. The van der Waals surface area contributed by atoms with Crippen molar-refractivity contribution < 1.29 is 19.1 Å². The molecule has 3 aromatic carbocycles. The summed E-state index contributed by atoms with van der Waals surface area (Å²) in [6, 6.07) is 23.8. The quantitative estimate of drug-likeness (QED) is 0.289. The normalized spacial score (nSPS) is 18.6. The highest BCUT2D eigenvalue weighted by Gasteiger charge is 2.39. The lowest BCUT2D eigenvalue weighted by atomic mass is 10.00. The maximum Gasteiger partial charge on any atom is 0.321 e. The standard InChI is InChI=1S/C30H30N2O4S/c1-19-11-13-23(14-12-19)29-32(26(17-37-29)30(33)34)16-22-8-6-9-24(15-22)36-28(27-21(3)35-18-31-27)25-10-5-4-7-20(25)2/h4-15,18,26,28-29H,16-17H2,1-3H3,(H,33,34)/t26?,28-,29-/m1/s1. The largest absolute Gasteiger partial charge is 0.480 e. The van der Waals surface area contributed by atoms with Crippen LogP contribution in [-0.4, -0.2) is 32.8 Å². The van der Waals surface area contributed by atoms with Crippen molar-refractivity contribution in [3.05, 3.63) is 118 Å². The number of carbonyl (C=O) groups is 1. The number of aryl methyl sites for hydroxylation is 3. The summed E-state index contributed by atoms with van der Waals surface area (Å²) in [5, 5.41) is 9.91. The minimum atomic E-state index is -0.796. The van der Waals surface area contributed by atoms with Gasteiger partial charge in [-0.3, -0.25) is 9.69 Å². The van der Waals surface area contributed by atoms with Crippen molar-refractivity contribution in [1.29, 1.82) is 0 Å². The van der Waals surface area contributed by atoms with Crippen LogP contribution in [0.5, 0.6) is 5.75 Å². The maximum absolute atomic E-state index is 12.1. The molecule has 37 heavy (non-hydrogen) atoms. The summed E-state index contributed by atoms with van der Waals surface area (Å²) in [7, 11) is 0. The summed E-state index contributed by atoms with van der Waals surface area (Å²) in [4.78, 5) is 18.6. The topological polar surface area (TPSA) is 75.8 Å². The number of aliphatic carboxylic acids is 1. The summed E-state index contributed by atoms with van der Waals surface area (Å²) in [6.07, 6.45) is 1.02. The average Bonchev–Trinajstić information content (AvgIpc) is 3.50. The number of aromatic nitrogens is 1. The van der Waals surface area contributed by atoms with Gasteiger partial charge in [-0.15, -0.1) is 11.8 Å². The van der Waals surface area contributed by atoms with Gasteiger partial charge in [-0.2, -0.15) is 0 Å². The Balaban J connectivity index is 1.43. The zero-order valence-corrected chi connectivity index (χ0v) is 21.9. The van der Waals surface area contributed by atoms with Crippen LogP contribution in [0.4, 0.5) is 0 Å². The van der Waals surface area contributed by atoms with E-state index in [4.69, 9.17) is 9.15 Å². The SMILES string of the molecule is Cc1ccc([C@H]2SCC(C(=O)O)N2Cc2cccc(O[C@H](c3ccccc3C)c3ncoc3C)c2)cc1. The molecule has 1 aliphatic heterocycles. The number of thioether (sulfide) groups is 1. The van der Waals surface area contributed by atoms with Gasteiger partial charge in [0.25, 0.3) is 0 Å². The summed E-state index contributed by atoms with van der Waals surface area (Å²) in [6.45, 7) is 6.49. The number of benzene rings is 3. The molecular weight excluding hydrogens is 484 g/mol. The van der Waals surface area contributed by atoms with Gasteiger partial charge >= 0.3 is 5.97 Å². The van der Waals surface area contributed by atoms with Gasteiger partial charge in [0.1, 0.15) is 23.2 Å². The molecule has 1 aromatic heterocycles. The van der Waals surface area contributed by atoms with E-state index in [1.165, 1.54) is 12.0 Å². The molecule has 6 nitrogen and oxygen atoms in total. The first-order valence-electron chi connectivity index (χ1n) is 12.3. The second-order valence-corrected chi connectivity index (χ2v) is 10.5. The molecule has 3 atom stereocenters. The number of nitrogens with zero attached hydrogens (tertiary/aromatic N) is 2. The number of rotatable bonds is 8. The molecule has 2 heterocycles. The molecule has 190 valence electrons. The van der Waals surface area contributed by atoms with E-state index >= 15 is 0 Å². The van der Waals surface area contributed by atoms with Crippen molar-refractivity contribution in [2.24, 2.45) is 0 Å². The van der Waals surface area contributed by atoms with Crippen molar-refractivity contribution >= 4 is 17.7 Å². The maximum atomic E-state index is 12.1. The van der Waals surface area contributed by atoms with Crippen LogP contribution in [0.25, 0.3) is 0 Å². The van der Waals surface area contributed by atoms with Gasteiger partial charge in [0.05, 0.1) is 5.37 Å². The van der Waals surface area contributed by atoms with Crippen molar-refractivity contribution in [2.75, 3.05) is 5.75 Å². The van der Waals surface area contributed by atoms with Gasteiger partial charge in [-0.05, 0) is 49.6 Å². The second kappa shape index (κ2) is 10.8. The highest BCUT2D eigenvalue weighted by atomic mass is 32.2. The lowest BCUT2D eigenvalue weighted by Crippen LogP contribution is -2.38. The van der Waals surface area contributed by atoms with Crippen LogP contribution in [0.1, 0.15) is 50.7 Å². The number of ether oxygens (including phenoxy) is 1. The van der Waals surface area contributed by atoms with Crippen molar-refractivity contribution in [3.8, 4) is 5.75 Å². The fraction of sp³-hybridized carbons (Fsp3) is 0.267. The van der Waals surface area contributed by atoms with Crippen LogP contribution in [-0.2, 0) is 11.3 Å². The van der Waals surface area contributed by atoms with E-state index in [0.717, 1.165) is 27.9 Å². The zero-order valence-electron chi connectivity index (χ0n) is 21.1. The Kier molecular flexibility index (Phi) is 7.35. The third kappa shape index (κ3) is 5.43. The monoisotopic (exact) mass is 514 g/mol. The van der Waals surface area contributed by atoms with E-state index in [0.29, 0.717) is 23.8 Å². The van der Waals surface area contributed by atoms with Crippen LogP contribution in [0.15, 0.2) is 83.6 Å². The van der Waals surface area contributed by atoms with Gasteiger partial charge in [0, 0.05) is 17.9 Å². The molecule has 0 aliphatic carbocycles. The number of oxazole rings is 1. The molecule has 1 N–H and O–H groups in total. The summed E-state index contributed by atoms with van der Waals surface area (Å²) in [5.41, 5.74) is 6.15. The molecule has 0 bridgehead atoms. The Morgan fingerprint density at radius 3 is 2.59 bits per heavy atom. The average molecular weight is 515 g/mol. The smallest absolute Gasteiger partial charge is 0.321 e. The van der Waals surface area contributed by atoms with Crippen molar-refractivity contribution in [3.63, 3.8) is 0 Å². The minimum Gasteiger partial charge on any atom is -0.480 e. The summed E-state index contributed by atoms with van der Waals surface area (Å²) < 4.78 is 12.0. The summed E-state index contributed by atoms with van der Waals surface area (Å²) in [5.74, 6) is 1.16. The van der Waals surface area contributed by atoms with Gasteiger partial charge in [-0.25, -0.2) is 4.98 Å². The van der Waals surface area contributed by atoms with E-state index in [1.807, 2.05) is 49.4 Å². The molecule has 4 aromatic rings. The number of hydrogen-bond acceptors (Lipinski definition) is 6. The summed E-state index contributed by atoms with van der Waals surface area (Å²) >= 11 is 1.67. The fourth-order valence-corrected chi connectivity index (χ4v) is 6.20. The first-order valence-corrected chi connectivity index (χ1v) is 13.3. The van der Waals surface area contributed by atoms with Crippen molar-refractivity contribution in [2.45, 2.75) is 44.8 Å². The Labute approximate surface area is 221 Å². The van der Waals surface area contributed by atoms with E-state index < -0.39 is 18.1 Å². The lowest BCUT2D eigenvalue weighted by molar-refractivity contribution is -0.142. The molecule has 0 amide bonds. The molecule has 0 saturated carbocycles. The van der Waals surface area contributed by atoms with Crippen LogP contribution in [0, 0.1) is 20.8 Å². The highest BCUT2D eigenvalue weighted by Crippen LogP contribution is 2.42. The number of hydrogen-bond donors (Lipinski definition) is 1. The van der Waals surface area contributed by atoms with Crippen LogP contribution >= 0.6 is 11.8 Å². The van der Waals surface area contributed by atoms with E-state index in [-0.39, 0.29) is 5.37 Å². The Morgan fingerprint density at radius 2 is 1.89 bits per heavy atom. The first-order chi connectivity index (χ1) is 17.9. The van der Waals surface area contributed by atoms with Crippen molar-refractivity contribution in [1.82, 2.24) is 9.88 Å². The van der Waals surface area contributed by atoms with Gasteiger partial charge in [-0.1, -0.05) is 66.2 Å². The third-order valence-corrected chi connectivity index (χ3v) is 8.15. The molecular formula is C30H30N2O4S. The third-order valence-electron chi connectivity index (χ3n) is 6.78.